The number of hydrogen-bond donors (Lipinski definition) is 2. The fourth-order valence-corrected chi connectivity index (χ4v) is 4.09. The lowest BCUT2D eigenvalue weighted by Gasteiger charge is -2.09. The summed E-state index contributed by atoms with van der Waals surface area (Å²) in [5, 5.41) is 9.04. The Hall–Kier alpha value is -2.92. The summed E-state index contributed by atoms with van der Waals surface area (Å²) >= 11 is 0. The average molecular weight is 372 g/mol. The molecular formula is C23H24N4O. The summed E-state index contributed by atoms with van der Waals surface area (Å²) in [6, 6.07) is 17.4. The number of nitrogens with one attached hydrogen (secondary N) is 2. The van der Waals surface area contributed by atoms with Crippen molar-refractivity contribution in [1.82, 2.24) is 20.4 Å². The molecule has 1 unspecified atom stereocenters. The number of benzene rings is 2. The third-order valence-corrected chi connectivity index (χ3v) is 5.53. The molecule has 1 saturated heterocycles. The number of fused-ring (bicyclic) bond motifs is 1. The zero-order valence-corrected chi connectivity index (χ0v) is 15.8. The van der Waals surface area contributed by atoms with Gasteiger partial charge in [-0.2, -0.15) is 4.98 Å². The number of aromatic amines is 1. The number of aromatic nitrogens is 3. The molecule has 1 aliphatic heterocycles. The molecule has 28 heavy (non-hydrogen) atoms. The van der Waals surface area contributed by atoms with Crippen LogP contribution in [-0.2, 0) is 19.3 Å². The highest BCUT2D eigenvalue weighted by Crippen LogP contribution is 2.24. The van der Waals surface area contributed by atoms with Crippen molar-refractivity contribution in [3.8, 4) is 0 Å². The Morgan fingerprint density at radius 1 is 1.04 bits per heavy atom. The Bertz CT molecular complexity index is 1060. The van der Waals surface area contributed by atoms with E-state index < -0.39 is 0 Å². The summed E-state index contributed by atoms with van der Waals surface area (Å²) in [4.78, 5) is 7.98. The molecule has 0 spiro atoms. The van der Waals surface area contributed by atoms with E-state index in [9.17, 15) is 0 Å². The van der Waals surface area contributed by atoms with E-state index in [-0.39, 0.29) is 0 Å². The van der Waals surface area contributed by atoms with E-state index in [1.165, 1.54) is 40.4 Å². The fourth-order valence-electron chi connectivity index (χ4n) is 4.09. The van der Waals surface area contributed by atoms with E-state index in [0.717, 1.165) is 18.8 Å². The topological polar surface area (TPSA) is 66.7 Å². The minimum atomic E-state index is 0.596. The summed E-state index contributed by atoms with van der Waals surface area (Å²) in [5.74, 6) is 1.40. The molecule has 0 bridgehead atoms. The van der Waals surface area contributed by atoms with Crippen molar-refractivity contribution in [3.05, 3.63) is 83.1 Å². The summed E-state index contributed by atoms with van der Waals surface area (Å²) < 4.78 is 5.49. The highest BCUT2D eigenvalue weighted by molar-refractivity contribution is 5.84. The molecule has 2 aromatic heterocycles. The molecule has 142 valence electrons. The Labute approximate surface area is 164 Å². The van der Waals surface area contributed by atoms with Crippen LogP contribution in [0.15, 0.2) is 59.3 Å². The van der Waals surface area contributed by atoms with Gasteiger partial charge in [0.15, 0.2) is 5.82 Å². The van der Waals surface area contributed by atoms with Crippen molar-refractivity contribution in [2.45, 2.75) is 38.1 Å². The van der Waals surface area contributed by atoms with Crippen molar-refractivity contribution in [2.24, 2.45) is 0 Å². The van der Waals surface area contributed by atoms with Gasteiger partial charge in [0.05, 0.1) is 6.42 Å². The van der Waals surface area contributed by atoms with Gasteiger partial charge in [-0.05, 0) is 54.6 Å². The molecule has 3 heterocycles. The quantitative estimate of drug-likeness (QED) is 0.536. The molecular weight excluding hydrogens is 348 g/mol. The lowest BCUT2D eigenvalue weighted by Crippen LogP contribution is -2.23. The van der Waals surface area contributed by atoms with Gasteiger partial charge in [-0.1, -0.05) is 41.6 Å². The van der Waals surface area contributed by atoms with Gasteiger partial charge in [-0.3, -0.25) is 0 Å². The monoisotopic (exact) mass is 372 g/mol. The lowest BCUT2D eigenvalue weighted by atomic mass is 10.0. The second-order valence-electron chi connectivity index (χ2n) is 7.63. The largest absolute Gasteiger partial charge is 0.361 e. The third kappa shape index (κ3) is 3.71. The van der Waals surface area contributed by atoms with Gasteiger partial charge in [0, 0.05) is 29.6 Å². The molecule has 4 aromatic rings. The first-order chi connectivity index (χ1) is 13.8. The minimum Gasteiger partial charge on any atom is -0.361 e. The van der Waals surface area contributed by atoms with Crippen molar-refractivity contribution >= 4 is 10.9 Å². The van der Waals surface area contributed by atoms with Crippen LogP contribution in [0.4, 0.5) is 0 Å². The maximum atomic E-state index is 5.49. The highest BCUT2D eigenvalue weighted by Gasteiger charge is 2.17. The van der Waals surface area contributed by atoms with Crippen LogP contribution in [0, 0.1) is 0 Å². The van der Waals surface area contributed by atoms with Crippen LogP contribution >= 0.6 is 0 Å². The van der Waals surface area contributed by atoms with Gasteiger partial charge in [0.1, 0.15) is 0 Å². The molecule has 5 nitrogen and oxygen atoms in total. The molecule has 1 aliphatic rings. The van der Waals surface area contributed by atoms with Crippen molar-refractivity contribution in [1.29, 1.82) is 0 Å². The first kappa shape index (κ1) is 17.2. The Morgan fingerprint density at radius 3 is 2.82 bits per heavy atom. The predicted molar refractivity (Wildman–Crippen MR) is 109 cm³/mol. The van der Waals surface area contributed by atoms with Crippen LogP contribution in [-0.4, -0.2) is 27.7 Å². The maximum Gasteiger partial charge on any atom is 0.231 e. The number of H-pyrrole nitrogens is 1. The van der Waals surface area contributed by atoms with Gasteiger partial charge in [-0.15, -0.1) is 0 Å². The summed E-state index contributed by atoms with van der Waals surface area (Å²) in [7, 11) is 0. The average Bonchev–Trinajstić information content (AvgIpc) is 3.46. The van der Waals surface area contributed by atoms with Crippen LogP contribution in [0.5, 0.6) is 0 Å². The van der Waals surface area contributed by atoms with E-state index in [0.29, 0.717) is 24.8 Å². The second kappa shape index (κ2) is 7.60. The first-order valence-corrected chi connectivity index (χ1v) is 10.0. The zero-order valence-electron chi connectivity index (χ0n) is 15.8. The van der Waals surface area contributed by atoms with E-state index >= 15 is 0 Å². The zero-order chi connectivity index (χ0) is 18.8. The molecule has 5 heteroatoms. The van der Waals surface area contributed by atoms with E-state index in [1.54, 1.807) is 0 Å². The summed E-state index contributed by atoms with van der Waals surface area (Å²) in [5.41, 5.74) is 4.95. The lowest BCUT2D eigenvalue weighted by molar-refractivity contribution is 0.380. The summed E-state index contributed by atoms with van der Waals surface area (Å²) in [6.45, 7) is 1.14. The van der Waals surface area contributed by atoms with Gasteiger partial charge < -0.3 is 14.8 Å². The molecule has 2 aromatic carbocycles. The molecule has 1 fully saturated rings. The molecule has 0 saturated carbocycles. The number of hydrogen-bond acceptors (Lipinski definition) is 4. The smallest absolute Gasteiger partial charge is 0.231 e. The Morgan fingerprint density at radius 2 is 1.96 bits per heavy atom. The van der Waals surface area contributed by atoms with Crippen LogP contribution in [0.3, 0.4) is 0 Å². The molecule has 1 atom stereocenters. The van der Waals surface area contributed by atoms with E-state index in [4.69, 9.17) is 4.52 Å². The Balaban J connectivity index is 1.32. The standard InChI is InChI=1S/C23H24N4O/c1-2-5-16(6-3-1)12-22-26-23(28-27-22)13-17-8-9-21-20(11-17)18(15-25-21)14-19-7-4-10-24-19/h1-3,5-6,8-9,11,15,19,24-25H,4,7,10,12-14H2. The van der Waals surface area contributed by atoms with E-state index in [2.05, 4.69) is 57.0 Å². The van der Waals surface area contributed by atoms with Crippen LogP contribution in [0.1, 0.15) is 41.2 Å². The van der Waals surface area contributed by atoms with Crippen LogP contribution < -0.4 is 5.32 Å². The van der Waals surface area contributed by atoms with Crippen LogP contribution in [0.25, 0.3) is 10.9 Å². The normalized spacial score (nSPS) is 16.8. The molecule has 0 aliphatic carbocycles. The van der Waals surface area contributed by atoms with Crippen molar-refractivity contribution < 1.29 is 4.52 Å². The van der Waals surface area contributed by atoms with Crippen LogP contribution in [0.2, 0.25) is 0 Å². The summed E-state index contributed by atoms with van der Waals surface area (Å²) in [6.07, 6.45) is 7.12. The molecule has 0 amide bonds. The Kier molecular flexibility index (Phi) is 4.67. The predicted octanol–water partition coefficient (Wildman–Crippen LogP) is 4.03. The first-order valence-electron chi connectivity index (χ1n) is 10.0. The molecule has 2 N–H and O–H groups in total. The van der Waals surface area contributed by atoms with Gasteiger partial charge >= 0.3 is 0 Å². The van der Waals surface area contributed by atoms with Gasteiger partial charge in [0.25, 0.3) is 0 Å². The molecule has 0 radical (unpaired) electrons. The number of nitrogens with zero attached hydrogens (tertiary/aromatic N) is 2. The second-order valence-corrected chi connectivity index (χ2v) is 7.63. The maximum absolute atomic E-state index is 5.49. The molecule has 5 rings (SSSR count). The minimum absolute atomic E-state index is 0.596. The highest BCUT2D eigenvalue weighted by atomic mass is 16.5. The van der Waals surface area contributed by atoms with Gasteiger partial charge in [-0.25, -0.2) is 0 Å². The third-order valence-electron chi connectivity index (χ3n) is 5.53. The fraction of sp³-hybridized carbons (Fsp3) is 0.304. The van der Waals surface area contributed by atoms with Crippen molar-refractivity contribution in [2.75, 3.05) is 6.54 Å². The van der Waals surface area contributed by atoms with Crippen molar-refractivity contribution in [3.63, 3.8) is 0 Å². The number of rotatable bonds is 6. The van der Waals surface area contributed by atoms with Gasteiger partial charge in [0.2, 0.25) is 5.89 Å². The van der Waals surface area contributed by atoms with E-state index in [1.807, 2.05) is 18.2 Å². The SMILES string of the molecule is c1ccc(Cc2noc(Cc3ccc4[nH]cc(CC5CCCN5)c4c3)n2)cc1.